The monoisotopic (exact) mass is 490 g/mol. The number of halogens is 2. The molecule has 0 aliphatic carbocycles. The van der Waals surface area contributed by atoms with Crippen LogP contribution in [0.5, 0.6) is 0 Å². The molecule has 4 amide bonds. The van der Waals surface area contributed by atoms with Gasteiger partial charge < -0.3 is 21.3 Å². The molecule has 2 aromatic carbocycles. The lowest BCUT2D eigenvalue weighted by Gasteiger charge is -2.32. The first-order valence-corrected chi connectivity index (χ1v) is 11.2. The van der Waals surface area contributed by atoms with Crippen molar-refractivity contribution in [1.29, 1.82) is 0 Å². The molecule has 0 bridgehead atoms. The Morgan fingerprint density at radius 3 is 2.55 bits per heavy atom. The fourth-order valence-corrected chi connectivity index (χ4v) is 3.90. The Kier molecular flexibility index (Phi) is 8.30. The van der Waals surface area contributed by atoms with Crippen molar-refractivity contribution in [1.82, 2.24) is 10.2 Å². The number of carbonyl (C=O) groups is 4. The molecule has 3 rings (SSSR count). The van der Waals surface area contributed by atoms with Gasteiger partial charge in [-0.25, -0.2) is 0 Å². The van der Waals surface area contributed by atoms with Crippen LogP contribution in [0.3, 0.4) is 0 Å². The third-order valence-electron chi connectivity index (χ3n) is 5.33. The third-order valence-corrected chi connectivity index (χ3v) is 6.07. The molecule has 0 saturated carbocycles. The van der Waals surface area contributed by atoms with E-state index in [9.17, 15) is 19.2 Å². The van der Waals surface area contributed by atoms with Gasteiger partial charge in [-0.3, -0.25) is 19.2 Å². The van der Waals surface area contributed by atoms with Gasteiger partial charge in [0.25, 0.3) is 11.8 Å². The zero-order chi connectivity index (χ0) is 24.0. The Balaban J connectivity index is 1.66. The van der Waals surface area contributed by atoms with E-state index < -0.39 is 17.7 Å². The number of hydrogen-bond donors (Lipinski definition) is 3. The normalized spacial score (nSPS) is 15.6. The van der Waals surface area contributed by atoms with Crippen LogP contribution in [-0.4, -0.2) is 48.2 Å². The van der Waals surface area contributed by atoms with Crippen molar-refractivity contribution in [2.75, 3.05) is 25.0 Å². The maximum atomic E-state index is 13.0. The van der Waals surface area contributed by atoms with Gasteiger partial charge in [-0.05, 0) is 43.2 Å². The molecule has 10 heteroatoms. The number of carbonyl (C=O) groups excluding carboxylic acids is 4. The summed E-state index contributed by atoms with van der Waals surface area (Å²) in [5.41, 5.74) is 6.12. The first-order chi connectivity index (χ1) is 15.8. The van der Waals surface area contributed by atoms with Crippen LogP contribution < -0.4 is 16.4 Å². The number of likely N-dealkylation sites (tertiary alicyclic amines) is 1. The zero-order valence-corrected chi connectivity index (χ0v) is 19.3. The summed E-state index contributed by atoms with van der Waals surface area (Å²) in [4.78, 5) is 50.8. The second kappa shape index (κ2) is 11.2. The van der Waals surface area contributed by atoms with Crippen LogP contribution in [0, 0.1) is 5.92 Å². The Hall–Kier alpha value is -3.10. The van der Waals surface area contributed by atoms with Gasteiger partial charge in [-0.1, -0.05) is 35.3 Å². The van der Waals surface area contributed by atoms with E-state index in [2.05, 4.69) is 10.6 Å². The fraction of sp³-hybridized carbons (Fsp3) is 0.304. The molecule has 8 nitrogen and oxygen atoms in total. The van der Waals surface area contributed by atoms with E-state index in [4.69, 9.17) is 28.9 Å². The fourth-order valence-electron chi connectivity index (χ4n) is 3.61. The van der Waals surface area contributed by atoms with Gasteiger partial charge in [0, 0.05) is 31.6 Å². The number of nitrogens with two attached hydrogens (primary N) is 1. The number of anilines is 1. The minimum Gasteiger partial charge on any atom is -0.370 e. The second-order valence-corrected chi connectivity index (χ2v) is 8.54. The maximum absolute atomic E-state index is 13.0. The van der Waals surface area contributed by atoms with Gasteiger partial charge in [0.2, 0.25) is 11.8 Å². The van der Waals surface area contributed by atoms with Crippen LogP contribution in [0.1, 0.15) is 40.0 Å². The van der Waals surface area contributed by atoms with E-state index in [0.717, 1.165) is 0 Å². The highest BCUT2D eigenvalue weighted by atomic mass is 35.5. The number of para-hydroxylation sites is 1. The first kappa shape index (κ1) is 24.5. The number of hydrogen-bond acceptors (Lipinski definition) is 4. The molecule has 1 fully saturated rings. The number of amides is 4. The van der Waals surface area contributed by atoms with E-state index in [1.807, 2.05) is 0 Å². The average Bonchev–Trinajstić information content (AvgIpc) is 2.80. The number of piperidine rings is 1. The zero-order valence-electron chi connectivity index (χ0n) is 17.8. The van der Waals surface area contributed by atoms with Crippen LogP contribution in [0.4, 0.5) is 5.69 Å². The summed E-state index contributed by atoms with van der Waals surface area (Å²) in [6.07, 6.45) is 1.30. The van der Waals surface area contributed by atoms with E-state index in [1.54, 1.807) is 41.3 Å². The van der Waals surface area contributed by atoms with Gasteiger partial charge >= 0.3 is 0 Å². The molecular weight excluding hydrogens is 467 g/mol. The summed E-state index contributed by atoms with van der Waals surface area (Å²) in [6.45, 7) is 0.879. The molecular formula is C23H24Cl2N4O4. The van der Waals surface area contributed by atoms with Gasteiger partial charge in [0.05, 0.1) is 27.2 Å². The first-order valence-electron chi connectivity index (χ1n) is 10.5. The van der Waals surface area contributed by atoms with Crippen molar-refractivity contribution in [3.8, 4) is 0 Å². The number of nitrogens with zero attached hydrogens (tertiary/aromatic N) is 1. The molecule has 0 aromatic heterocycles. The second-order valence-electron chi connectivity index (χ2n) is 7.73. The molecule has 174 valence electrons. The summed E-state index contributed by atoms with van der Waals surface area (Å²) in [5.74, 6) is -1.88. The van der Waals surface area contributed by atoms with Gasteiger partial charge in [0.1, 0.15) is 0 Å². The van der Waals surface area contributed by atoms with Crippen molar-refractivity contribution in [2.45, 2.75) is 19.3 Å². The van der Waals surface area contributed by atoms with Gasteiger partial charge in [-0.15, -0.1) is 0 Å². The van der Waals surface area contributed by atoms with E-state index >= 15 is 0 Å². The lowest BCUT2D eigenvalue weighted by molar-refractivity contribution is -0.121. The number of nitrogens with one attached hydrogen (secondary N) is 2. The Bertz CT molecular complexity index is 1080. The van der Waals surface area contributed by atoms with E-state index in [1.165, 1.54) is 6.07 Å². The summed E-state index contributed by atoms with van der Waals surface area (Å²) >= 11 is 12.0. The minimum atomic E-state index is -0.519. The molecule has 0 radical (unpaired) electrons. The van der Waals surface area contributed by atoms with Crippen molar-refractivity contribution < 1.29 is 19.2 Å². The predicted octanol–water partition coefficient (Wildman–Crippen LogP) is 3.09. The standard InChI is InChI=1S/C23H24Cl2N4O4/c24-17-8-7-14(12-18(17)25)23(33)29-11-3-4-15(13-29)21(31)28-19-6-2-1-5-16(19)22(32)27-10-9-20(26)30/h1-2,5-8,12,15H,3-4,9-11,13H2,(H2,26,30)(H,27,32)(H,28,31). The van der Waals surface area contributed by atoms with Crippen molar-refractivity contribution in [2.24, 2.45) is 11.7 Å². The number of primary amides is 1. The Morgan fingerprint density at radius 2 is 1.82 bits per heavy atom. The highest BCUT2D eigenvalue weighted by Crippen LogP contribution is 2.26. The van der Waals surface area contributed by atoms with Crippen LogP contribution in [0.25, 0.3) is 0 Å². The van der Waals surface area contributed by atoms with Gasteiger partial charge in [-0.2, -0.15) is 0 Å². The Morgan fingerprint density at radius 1 is 1.06 bits per heavy atom. The van der Waals surface area contributed by atoms with Gasteiger partial charge in [0.15, 0.2) is 0 Å². The van der Waals surface area contributed by atoms with Crippen LogP contribution in [-0.2, 0) is 9.59 Å². The quantitative estimate of drug-likeness (QED) is 0.551. The molecule has 1 saturated heterocycles. The molecule has 4 N–H and O–H groups in total. The molecule has 33 heavy (non-hydrogen) atoms. The topological polar surface area (TPSA) is 122 Å². The summed E-state index contributed by atoms with van der Waals surface area (Å²) in [5, 5.41) is 6.07. The van der Waals surface area contributed by atoms with E-state index in [-0.39, 0.29) is 36.9 Å². The highest BCUT2D eigenvalue weighted by Gasteiger charge is 2.29. The Labute approximate surface area is 201 Å². The van der Waals surface area contributed by atoms with Crippen LogP contribution >= 0.6 is 23.2 Å². The summed E-state index contributed by atoms with van der Waals surface area (Å²) in [6, 6.07) is 11.3. The molecule has 1 unspecified atom stereocenters. The average molecular weight is 491 g/mol. The SMILES string of the molecule is NC(=O)CCNC(=O)c1ccccc1NC(=O)C1CCCN(C(=O)c2ccc(Cl)c(Cl)c2)C1. The largest absolute Gasteiger partial charge is 0.370 e. The number of benzene rings is 2. The van der Waals surface area contributed by atoms with Crippen molar-refractivity contribution in [3.63, 3.8) is 0 Å². The predicted molar refractivity (Wildman–Crippen MR) is 126 cm³/mol. The summed E-state index contributed by atoms with van der Waals surface area (Å²) in [7, 11) is 0. The smallest absolute Gasteiger partial charge is 0.253 e. The lowest BCUT2D eigenvalue weighted by Crippen LogP contribution is -2.44. The molecule has 1 heterocycles. The van der Waals surface area contributed by atoms with E-state index in [0.29, 0.717) is 40.7 Å². The highest BCUT2D eigenvalue weighted by molar-refractivity contribution is 6.42. The summed E-state index contributed by atoms with van der Waals surface area (Å²) < 4.78 is 0. The van der Waals surface area contributed by atoms with Crippen LogP contribution in [0.2, 0.25) is 10.0 Å². The molecule has 2 aromatic rings. The third kappa shape index (κ3) is 6.46. The number of rotatable bonds is 7. The maximum Gasteiger partial charge on any atom is 0.253 e. The minimum absolute atomic E-state index is 0.0189. The molecule has 1 aliphatic rings. The van der Waals surface area contributed by atoms with Crippen molar-refractivity contribution in [3.05, 3.63) is 63.6 Å². The molecule has 0 spiro atoms. The molecule has 1 atom stereocenters. The molecule has 1 aliphatic heterocycles. The lowest BCUT2D eigenvalue weighted by atomic mass is 9.96. The van der Waals surface area contributed by atoms with Crippen LogP contribution in [0.15, 0.2) is 42.5 Å². The van der Waals surface area contributed by atoms with Crippen molar-refractivity contribution >= 4 is 52.5 Å².